The third-order valence-corrected chi connectivity index (χ3v) is 7.50. The lowest BCUT2D eigenvalue weighted by Crippen LogP contribution is -2.41. The third kappa shape index (κ3) is 5.93. The number of H-pyrrole nitrogens is 1. The van der Waals surface area contributed by atoms with Gasteiger partial charge in [0.1, 0.15) is 24.0 Å². The van der Waals surface area contributed by atoms with E-state index in [4.69, 9.17) is 30.5 Å². The molecule has 0 aliphatic carbocycles. The van der Waals surface area contributed by atoms with Crippen LogP contribution in [0.1, 0.15) is 13.2 Å². The van der Waals surface area contributed by atoms with E-state index in [1.165, 1.54) is 19.1 Å². The van der Waals surface area contributed by atoms with Gasteiger partial charge in [-0.05, 0) is 19.1 Å². The number of halogens is 2. The van der Waals surface area contributed by atoms with E-state index in [1.807, 2.05) is 4.98 Å². The summed E-state index contributed by atoms with van der Waals surface area (Å²) in [6, 6.07) is 7.68. The summed E-state index contributed by atoms with van der Waals surface area (Å²) < 4.78 is 29.0. The number of carboxylic acids is 1. The maximum atomic E-state index is 13.3. The first-order chi connectivity index (χ1) is 15.4. The number of ether oxygens (including phenoxy) is 1. The van der Waals surface area contributed by atoms with Crippen LogP contribution in [-0.4, -0.2) is 54.4 Å². The zero-order chi connectivity index (χ0) is 24.4. The maximum Gasteiger partial charge on any atom is 0.459 e. The summed E-state index contributed by atoms with van der Waals surface area (Å²) in [5, 5.41) is 22.1. The van der Waals surface area contributed by atoms with Crippen LogP contribution in [-0.2, 0) is 18.6 Å². The highest BCUT2D eigenvalue weighted by atomic mass is 79.9. The summed E-state index contributed by atoms with van der Waals surface area (Å²) in [5.74, 6) is -1.16. The zero-order valence-corrected chi connectivity index (χ0v) is 20.2. The van der Waals surface area contributed by atoms with E-state index in [0.717, 1.165) is 16.8 Å². The van der Waals surface area contributed by atoms with Crippen LogP contribution in [0.3, 0.4) is 0 Å². The predicted octanol–water partition coefficient (Wildman–Crippen LogP) is 1.39. The average molecular weight is 569 g/mol. The molecule has 15 heteroatoms. The highest BCUT2D eigenvalue weighted by molar-refractivity contribution is 9.10. The van der Waals surface area contributed by atoms with Gasteiger partial charge in [0.2, 0.25) is 0 Å². The fourth-order valence-electron chi connectivity index (χ4n) is 2.89. The molecule has 0 amide bonds. The van der Waals surface area contributed by atoms with E-state index in [9.17, 15) is 24.1 Å². The number of rotatable bonds is 9. The number of alkyl halides is 2. The van der Waals surface area contributed by atoms with Crippen LogP contribution in [0.5, 0.6) is 5.75 Å². The Labute approximate surface area is 200 Å². The van der Waals surface area contributed by atoms with Gasteiger partial charge in [-0.1, -0.05) is 45.7 Å². The van der Waals surface area contributed by atoms with Crippen molar-refractivity contribution in [2.75, 3.05) is 6.61 Å². The Balaban J connectivity index is 1.80. The molecule has 6 atom stereocenters. The first-order valence-electron chi connectivity index (χ1n) is 9.45. The van der Waals surface area contributed by atoms with Crippen LogP contribution in [0.2, 0.25) is 0 Å². The molecule has 12 nitrogen and oxygen atoms in total. The lowest BCUT2D eigenvalue weighted by molar-refractivity contribution is -0.138. The molecule has 3 rings (SSSR count). The predicted molar refractivity (Wildman–Crippen MR) is 120 cm³/mol. The molecule has 0 saturated carbocycles. The summed E-state index contributed by atoms with van der Waals surface area (Å²) in [4.78, 5) is 36.8. The Kier molecular flexibility index (Phi) is 7.84. The Hall–Kier alpha value is -1.99. The third-order valence-electron chi connectivity index (χ3n) is 4.58. The van der Waals surface area contributed by atoms with E-state index >= 15 is 0 Å². The van der Waals surface area contributed by atoms with Gasteiger partial charge in [-0.25, -0.2) is 9.36 Å². The van der Waals surface area contributed by atoms with Crippen LogP contribution >= 0.6 is 35.3 Å². The first kappa shape index (κ1) is 25.6. The van der Waals surface area contributed by atoms with E-state index in [-0.39, 0.29) is 5.75 Å². The average Bonchev–Trinajstić information content (AvgIpc) is 2.96. The van der Waals surface area contributed by atoms with Crippen LogP contribution in [0.25, 0.3) is 0 Å². The largest absolute Gasteiger partial charge is 0.480 e. The van der Waals surface area contributed by atoms with Gasteiger partial charge >= 0.3 is 19.4 Å². The van der Waals surface area contributed by atoms with Crippen molar-refractivity contribution < 1.29 is 33.4 Å². The molecular weight excluding hydrogens is 549 g/mol. The Bertz CT molecular complexity index is 1160. The number of aromatic nitrogens is 2. The lowest BCUT2D eigenvalue weighted by Gasteiger charge is -2.25. The number of benzene rings is 1. The van der Waals surface area contributed by atoms with Crippen molar-refractivity contribution in [2.45, 2.75) is 35.2 Å². The number of para-hydroxylation sites is 1. The van der Waals surface area contributed by atoms with Crippen molar-refractivity contribution in [3.8, 4) is 5.75 Å². The van der Waals surface area contributed by atoms with E-state index < -0.39 is 59.8 Å². The number of carboxylic acid groups (broad SMARTS) is 1. The highest BCUT2D eigenvalue weighted by Gasteiger charge is 2.55. The second-order valence-electron chi connectivity index (χ2n) is 7.05. The van der Waals surface area contributed by atoms with Gasteiger partial charge < -0.3 is 19.5 Å². The van der Waals surface area contributed by atoms with E-state index in [1.54, 1.807) is 18.2 Å². The Morgan fingerprint density at radius 3 is 2.67 bits per heavy atom. The number of hydrogen-bond donors (Lipinski definition) is 4. The summed E-state index contributed by atoms with van der Waals surface area (Å²) in [6.07, 6.45) is -2.85. The van der Waals surface area contributed by atoms with Crippen molar-refractivity contribution in [2.24, 2.45) is 0 Å². The van der Waals surface area contributed by atoms with Crippen LogP contribution in [0.15, 0.2) is 52.2 Å². The number of aliphatic hydroxyl groups excluding tert-OH is 1. The number of hydrogen-bond acceptors (Lipinski definition) is 8. The lowest BCUT2D eigenvalue weighted by atomic mass is 10.2. The zero-order valence-electron chi connectivity index (χ0n) is 17.0. The van der Waals surface area contributed by atoms with Gasteiger partial charge in [0.25, 0.3) is 5.56 Å². The number of nitrogens with one attached hydrogen (secondary N) is 2. The van der Waals surface area contributed by atoms with Crippen LogP contribution in [0.4, 0.5) is 0 Å². The molecule has 0 bridgehead atoms. The van der Waals surface area contributed by atoms with Crippen molar-refractivity contribution >= 4 is 41.2 Å². The number of carbonyl (C=O) groups is 1. The molecule has 1 saturated heterocycles. The van der Waals surface area contributed by atoms with Crippen LogP contribution < -0.4 is 20.9 Å². The van der Waals surface area contributed by atoms with Gasteiger partial charge in [-0.15, -0.1) is 0 Å². The summed E-state index contributed by atoms with van der Waals surface area (Å²) in [6.45, 7) is 0.688. The van der Waals surface area contributed by atoms with Gasteiger partial charge in [-0.2, -0.15) is 5.09 Å². The monoisotopic (exact) mass is 567 g/mol. The second-order valence-corrected chi connectivity index (χ2v) is 11.1. The molecular formula is C18H20BrClN3O9P. The van der Waals surface area contributed by atoms with Gasteiger partial charge in [-0.3, -0.25) is 23.7 Å². The molecule has 2 aromatic rings. The van der Waals surface area contributed by atoms with Gasteiger partial charge in [0.15, 0.2) is 10.0 Å². The molecule has 1 aromatic carbocycles. The topological polar surface area (TPSA) is 169 Å². The molecule has 1 unspecified atom stereocenters. The van der Waals surface area contributed by atoms with Crippen molar-refractivity contribution in [3.05, 3.63) is 63.4 Å². The molecule has 0 radical (unpaired) electrons. The Morgan fingerprint density at radius 1 is 1.39 bits per heavy atom. The first-order valence-corrected chi connectivity index (χ1v) is 12.2. The molecule has 4 N–H and O–H groups in total. The van der Waals surface area contributed by atoms with Crippen molar-refractivity contribution in [1.29, 1.82) is 0 Å². The molecule has 33 heavy (non-hydrogen) atoms. The van der Waals surface area contributed by atoms with Gasteiger partial charge in [0.05, 0.1) is 6.61 Å². The minimum atomic E-state index is -4.28. The molecule has 1 fully saturated rings. The normalized spacial score (nSPS) is 27.6. The minimum Gasteiger partial charge on any atom is -0.480 e. The number of aromatic amines is 1. The number of aliphatic carboxylic acids is 1. The van der Waals surface area contributed by atoms with E-state index in [2.05, 4.69) is 21.0 Å². The second kappa shape index (κ2) is 10.1. The number of nitrogens with zero attached hydrogens (tertiary/aromatic N) is 1. The standard InChI is InChI=1S/C18H20BrClN3O9P/c1-10(15(26)27)22-33(29,32-11-5-3-2-4-6-11)30-9-12-14(25)18(19,20)16(31-12)23-8-7-13(24)21-17(23)28/h2-8,10,12,14,16,25H,9H2,1H3,(H,22,29)(H,26,27)(H,21,24,28)/t10-,12+,14+,16+,18-,33?/m0/s1. The summed E-state index contributed by atoms with van der Waals surface area (Å²) in [5.41, 5.74) is -1.47. The molecule has 1 aliphatic rings. The molecule has 2 heterocycles. The smallest absolute Gasteiger partial charge is 0.459 e. The maximum absolute atomic E-state index is 13.3. The van der Waals surface area contributed by atoms with Crippen molar-refractivity contribution in [3.63, 3.8) is 0 Å². The van der Waals surface area contributed by atoms with Crippen LogP contribution in [0, 0.1) is 0 Å². The molecule has 180 valence electrons. The summed E-state index contributed by atoms with van der Waals surface area (Å²) >= 11 is 9.50. The Morgan fingerprint density at radius 2 is 2.06 bits per heavy atom. The number of aliphatic hydroxyl groups is 1. The summed E-state index contributed by atoms with van der Waals surface area (Å²) in [7, 11) is -4.28. The minimum absolute atomic E-state index is 0.142. The molecule has 0 spiro atoms. The van der Waals surface area contributed by atoms with Crippen molar-refractivity contribution in [1.82, 2.24) is 14.6 Å². The molecule has 1 aliphatic heterocycles. The fourth-order valence-corrected chi connectivity index (χ4v) is 5.32. The molecule has 1 aromatic heterocycles. The fraction of sp³-hybridized carbons (Fsp3) is 0.389. The quantitative estimate of drug-likeness (QED) is 0.256. The van der Waals surface area contributed by atoms with E-state index in [0.29, 0.717) is 0 Å². The van der Waals surface area contributed by atoms with Gasteiger partial charge in [0, 0.05) is 12.3 Å². The highest BCUT2D eigenvalue weighted by Crippen LogP contribution is 2.50. The SMILES string of the molecule is C[C@H](NP(=O)(OC[C@H]1O[C@@H](n2ccc(=O)[nH]c2=O)[C@](Cl)(Br)[C@@H]1O)Oc1ccccc1)C(=O)O.